The van der Waals surface area contributed by atoms with Gasteiger partial charge in [0, 0.05) is 23.3 Å². The summed E-state index contributed by atoms with van der Waals surface area (Å²) in [5.41, 5.74) is -0.570. The van der Waals surface area contributed by atoms with Crippen LogP contribution < -0.4 is 0 Å². The lowest BCUT2D eigenvalue weighted by molar-refractivity contribution is -0.357. The Morgan fingerprint density at radius 2 is 1.96 bits per heavy atom. The largest absolute Gasteiger partial charge is 0.458 e. The number of carbonyl (C=O) groups excluding carboxylic acids is 1. The molecule has 0 radical (unpaired) electrons. The normalized spacial score (nSPS) is 63.1. The number of rotatable bonds is 1. The first-order chi connectivity index (χ1) is 12.3. The molecule has 6 fully saturated rings. The maximum atomic E-state index is 16.0. The molecule has 140 valence electrons. The molecule has 1 unspecified atom stereocenters. The van der Waals surface area contributed by atoms with Gasteiger partial charge in [-0.2, -0.15) is 0 Å². The van der Waals surface area contributed by atoms with Crippen LogP contribution in [0.3, 0.4) is 0 Å². The van der Waals surface area contributed by atoms with E-state index in [1.807, 2.05) is 13.8 Å². The van der Waals surface area contributed by atoms with Crippen LogP contribution in [0.25, 0.3) is 0 Å². The highest BCUT2D eigenvalue weighted by Crippen LogP contribution is 2.82. The van der Waals surface area contributed by atoms with Gasteiger partial charge in [0.15, 0.2) is 6.17 Å². The molecule has 0 aromatic carbocycles. The van der Waals surface area contributed by atoms with Crippen molar-refractivity contribution in [2.75, 3.05) is 6.61 Å². The molecule has 2 spiro atoms. The van der Waals surface area contributed by atoms with Crippen LogP contribution in [-0.4, -0.2) is 53.9 Å². The number of alkyl halides is 1. The van der Waals surface area contributed by atoms with Crippen molar-refractivity contribution in [1.29, 1.82) is 0 Å². The molecule has 3 aliphatic carbocycles. The summed E-state index contributed by atoms with van der Waals surface area (Å²) in [5.74, 6) is -0.00353. The number of hydrogen-bond acceptors (Lipinski definition) is 5. The summed E-state index contributed by atoms with van der Waals surface area (Å²) in [4.78, 5) is 12.1. The Kier molecular flexibility index (Phi) is 2.18. The highest BCUT2D eigenvalue weighted by molar-refractivity contribution is 5.92. The number of fused-ring (bicyclic) bond motifs is 2. The number of esters is 1. The quantitative estimate of drug-likeness (QED) is 0.528. The zero-order valence-corrected chi connectivity index (χ0v) is 15.2. The maximum Gasteiger partial charge on any atom is 0.334 e. The van der Waals surface area contributed by atoms with Crippen molar-refractivity contribution in [2.45, 2.75) is 81.3 Å². The number of cyclic esters (lactones) is 1. The lowest BCUT2D eigenvalue weighted by Gasteiger charge is -2.69. The molecule has 0 amide bonds. The van der Waals surface area contributed by atoms with Gasteiger partial charge in [-0.15, -0.1) is 0 Å². The molecule has 26 heavy (non-hydrogen) atoms. The summed E-state index contributed by atoms with van der Waals surface area (Å²) >= 11 is 0. The van der Waals surface area contributed by atoms with Gasteiger partial charge in [-0.3, -0.25) is 0 Å². The molecular weight excluding hydrogens is 339 g/mol. The first-order valence-corrected chi connectivity index (χ1v) is 9.90. The topological polar surface area (TPSA) is 60.6 Å². The SMILES string of the molecule is CC(C)[C@]12O[C@H]1[C@@H]1O[C@@]13[C@@]1(C)CCC4=C(COC4=O)[C@@H]1C1C[C@@]3(O1)[C@@H]2F. The number of epoxide rings is 2. The average Bonchev–Trinajstić information content (AvgIpc) is 3.42. The molecule has 8 aliphatic rings. The molecule has 0 aromatic heterocycles. The van der Waals surface area contributed by atoms with Gasteiger partial charge >= 0.3 is 5.97 Å². The van der Waals surface area contributed by atoms with Crippen LogP contribution in [0.5, 0.6) is 0 Å². The fourth-order valence-electron chi connectivity index (χ4n) is 7.84. The van der Waals surface area contributed by atoms with Gasteiger partial charge in [-0.25, -0.2) is 9.18 Å². The van der Waals surface area contributed by atoms with Crippen molar-refractivity contribution >= 4 is 5.97 Å². The van der Waals surface area contributed by atoms with Crippen LogP contribution in [0.1, 0.15) is 40.0 Å². The van der Waals surface area contributed by atoms with Crippen molar-refractivity contribution in [3.05, 3.63) is 11.1 Å². The third kappa shape index (κ3) is 1.12. The summed E-state index contributed by atoms with van der Waals surface area (Å²) in [6, 6.07) is 0. The van der Waals surface area contributed by atoms with Crippen LogP contribution >= 0.6 is 0 Å². The van der Waals surface area contributed by atoms with Crippen LogP contribution in [0.2, 0.25) is 0 Å². The van der Waals surface area contributed by atoms with E-state index in [1.54, 1.807) is 0 Å². The fourth-order valence-corrected chi connectivity index (χ4v) is 7.84. The smallest absolute Gasteiger partial charge is 0.334 e. The van der Waals surface area contributed by atoms with Crippen LogP contribution in [-0.2, 0) is 23.7 Å². The van der Waals surface area contributed by atoms with Gasteiger partial charge in [-0.1, -0.05) is 20.8 Å². The van der Waals surface area contributed by atoms with E-state index >= 15 is 4.39 Å². The van der Waals surface area contributed by atoms with E-state index in [1.165, 1.54) is 0 Å². The molecule has 0 aromatic rings. The number of ether oxygens (including phenoxy) is 4. The maximum absolute atomic E-state index is 16.0. The van der Waals surface area contributed by atoms with Crippen LogP contribution in [0, 0.1) is 17.3 Å². The van der Waals surface area contributed by atoms with Gasteiger partial charge in [-0.05, 0) is 24.3 Å². The van der Waals surface area contributed by atoms with E-state index in [2.05, 4.69) is 6.92 Å². The zero-order valence-electron chi connectivity index (χ0n) is 15.2. The van der Waals surface area contributed by atoms with E-state index in [0.717, 1.165) is 17.6 Å². The van der Waals surface area contributed by atoms with Gasteiger partial charge < -0.3 is 18.9 Å². The predicted molar refractivity (Wildman–Crippen MR) is 86.0 cm³/mol. The van der Waals surface area contributed by atoms with E-state index in [4.69, 9.17) is 18.9 Å². The van der Waals surface area contributed by atoms with Crippen LogP contribution in [0.15, 0.2) is 11.1 Å². The van der Waals surface area contributed by atoms with Gasteiger partial charge in [0.2, 0.25) is 0 Å². The van der Waals surface area contributed by atoms with Gasteiger partial charge in [0.1, 0.15) is 35.6 Å². The Hall–Kier alpha value is -0.980. The first-order valence-electron chi connectivity index (χ1n) is 9.90. The minimum atomic E-state index is -1.16. The first kappa shape index (κ1) is 15.0. The molecule has 5 heterocycles. The Labute approximate surface area is 151 Å². The van der Waals surface area contributed by atoms with E-state index in [0.29, 0.717) is 19.4 Å². The summed E-state index contributed by atoms with van der Waals surface area (Å²) in [6.07, 6.45) is 0.694. The lowest BCUT2D eigenvalue weighted by atomic mass is 9.42. The Morgan fingerprint density at radius 3 is 2.69 bits per heavy atom. The van der Waals surface area contributed by atoms with Crippen molar-refractivity contribution in [3.8, 4) is 0 Å². The fraction of sp³-hybridized carbons (Fsp3) is 0.850. The monoisotopic (exact) mass is 362 g/mol. The molecular formula is C20H23FO5. The highest BCUT2D eigenvalue weighted by Gasteiger charge is 2.98. The number of hydrogen-bond donors (Lipinski definition) is 0. The van der Waals surface area contributed by atoms with Gasteiger partial charge in [0.25, 0.3) is 0 Å². The minimum absolute atomic E-state index is 0.0481. The van der Waals surface area contributed by atoms with E-state index in [9.17, 15) is 4.79 Å². The summed E-state index contributed by atoms with van der Waals surface area (Å²) in [6.45, 7) is 6.64. The van der Waals surface area contributed by atoms with Crippen molar-refractivity contribution in [2.24, 2.45) is 17.3 Å². The van der Waals surface area contributed by atoms with Crippen molar-refractivity contribution in [3.63, 3.8) is 0 Å². The third-order valence-electron chi connectivity index (χ3n) is 9.02. The van der Waals surface area contributed by atoms with Gasteiger partial charge in [0.05, 0.1) is 6.10 Å². The standard InChI is InChI=1S/C20H23FO5/c1-8(2)19-13(25-19)14-20(26-14)17(3)5-4-9-10(7-23-15(9)22)12(17)11-6-18(20,24-11)16(19)21/h8,11-14,16H,4-7H2,1-3H3/t11?,12-,13+,14+,16+,17+,18-,19+,20-/m1/s1. The molecule has 6 heteroatoms. The molecule has 5 aliphatic heterocycles. The second-order valence-corrected chi connectivity index (χ2v) is 9.91. The van der Waals surface area contributed by atoms with Crippen molar-refractivity contribution in [1.82, 2.24) is 0 Å². The van der Waals surface area contributed by atoms with E-state index in [-0.39, 0.29) is 41.5 Å². The number of carbonyl (C=O) groups is 1. The summed E-state index contributed by atoms with van der Waals surface area (Å²) in [7, 11) is 0. The van der Waals surface area contributed by atoms with Crippen molar-refractivity contribution < 1.29 is 28.1 Å². The molecule has 9 atom stereocenters. The Bertz CT molecular complexity index is 815. The molecule has 0 N–H and O–H groups in total. The zero-order chi connectivity index (χ0) is 17.9. The lowest BCUT2D eigenvalue weighted by Crippen LogP contribution is -2.83. The van der Waals surface area contributed by atoms with E-state index < -0.39 is 23.0 Å². The second kappa shape index (κ2) is 3.78. The second-order valence-electron chi connectivity index (χ2n) is 9.91. The molecule has 2 saturated carbocycles. The molecule has 4 saturated heterocycles. The Morgan fingerprint density at radius 1 is 1.19 bits per heavy atom. The number of halogens is 1. The minimum Gasteiger partial charge on any atom is -0.458 e. The molecule has 8 rings (SSSR count). The Balaban J connectivity index is 1.39. The van der Waals surface area contributed by atoms with Crippen LogP contribution in [0.4, 0.5) is 4.39 Å². The highest BCUT2D eigenvalue weighted by atomic mass is 19.1. The molecule has 2 bridgehead atoms. The third-order valence-corrected chi connectivity index (χ3v) is 9.02. The summed E-state index contributed by atoms with van der Waals surface area (Å²) < 4.78 is 40.2. The predicted octanol–water partition coefficient (Wildman–Crippen LogP) is 2.08. The summed E-state index contributed by atoms with van der Waals surface area (Å²) in [5, 5.41) is 0. The molecule has 5 nitrogen and oxygen atoms in total. The average molecular weight is 362 g/mol.